The number of fused-ring (bicyclic) bond motifs is 1. The maximum absolute atomic E-state index is 12.4. The summed E-state index contributed by atoms with van der Waals surface area (Å²) in [5.41, 5.74) is 1.86. The van der Waals surface area contributed by atoms with Crippen LogP contribution in [0.25, 0.3) is 11.0 Å². The Morgan fingerprint density at radius 3 is 2.65 bits per heavy atom. The lowest BCUT2D eigenvalue weighted by Crippen LogP contribution is -2.36. The summed E-state index contributed by atoms with van der Waals surface area (Å²) in [6, 6.07) is 3.80. The zero-order valence-corrected chi connectivity index (χ0v) is 14.9. The van der Waals surface area contributed by atoms with Crippen LogP contribution in [-0.2, 0) is 9.59 Å². The number of piperidine rings is 1. The average molecular weight is 356 g/mol. The maximum atomic E-state index is 12.4. The van der Waals surface area contributed by atoms with Crippen molar-refractivity contribution < 1.29 is 14.7 Å². The number of H-pyrrole nitrogens is 1. The molecule has 3 N–H and O–H groups in total. The number of carbonyl (C=O) groups is 2. The van der Waals surface area contributed by atoms with E-state index in [1.807, 2.05) is 18.3 Å². The van der Waals surface area contributed by atoms with Crippen molar-refractivity contribution in [1.82, 2.24) is 14.9 Å². The Morgan fingerprint density at radius 1 is 1.23 bits per heavy atom. The Balaban J connectivity index is 1.44. The van der Waals surface area contributed by atoms with Gasteiger partial charge in [0.1, 0.15) is 11.5 Å². The third-order valence-electron chi connectivity index (χ3n) is 5.84. The van der Waals surface area contributed by atoms with Gasteiger partial charge >= 0.3 is 5.97 Å². The van der Waals surface area contributed by atoms with Crippen molar-refractivity contribution in [2.45, 2.75) is 31.6 Å². The number of carboxylic acid groups (broad SMARTS) is 1. The van der Waals surface area contributed by atoms with Gasteiger partial charge in [-0.15, -0.1) is 0 Å². The van der Waals surface area contributed by atoms with Crippen molar-refractivity contribution in [2.24, 2.45) is 11.8 Å². The summed E-state index contributed by atoms with van der Waals surface area (Å²) >= 11 is 0. The highest BCUT2D eigenvalue weighted by Crippen LogP contribution is 2.44. The second-order valence-corrected chi connectivity index (χ2v) is 7.61. The predicted molar refractivity (Wildman–Crippen MR) is 98.0 cm³/mol. The number of amides is 1. The molecule has 7 heteroatoms. The zero-order chi connectivity index (χ0) is 18.3. The zero-order valence-electron chi connectivity index (χ0n) is 14.9. The Hall–Kier alpha value is -2.41. The minimum absolute atomic E-state index is 0.0417. The predicted octanol–water partition coefficient (Wildman–Crippen LogP) is 2.42. The molecule has 1 amide bonds. The van der Waals surface area contributed by atoms with E-state index in [1.54, 1.807) is 0 Å². The number of aliphatic carboxylic acids is 1. The number of nitrogens with zero attached hydrogens (tertiary/aromatic N) is 2. The third-order valence-corrected chi connectivity index (χ3v) is 5.84. The van der Waals surface area contributed by atoms with E-state index in [4.69, 9.17) is 5.11 Å². The lowest BCUT2D eigenvalue weighted by molar-refractivity contribution is -0.145. The Kier molecular flexibility index (Phi) is 4.40. The van der Waals surface area contributed by atoms with Crippen LogP contribution in [0.1, 0.15) is 37.2 Å². The lowest BCUT2D eigenvalue weighted by atomic mass is 9.71. The molecule has 1 aliphatic carbocycles. The number of anilines is 1. The summed E-state index contributed by atoms with van der Waals surface area (Å²) in [5.74, 6) is -0.0202. The molecule has 0 unspecified atom stereocenters. The van der Waals surface area contributed by atoms with Gasteiger partial charge in [-0.25, -0.2) is 4.98 Å². The molecule has 0 radical (unpaired) electrons. The fraction of sp³-hybridized carbons (Fsp3) is 0.526. The van der Waals surface area contributed by atoms with Crippen LogP contribution in [0.15, 0.2) is 18.3 Å². The monoisotopic (exact) mass is 356 g/mol. The third kappa shape index (κ3) is 3.19. The number of aromatic nitrogens is 2. The van der Waals surface area contributed by atoms with Crippen LogP contribution >= 0.6 is 0 Å². The van der Waals surface area contributed by atoms with Crippen LogP contribution in [-0.4, -0.2) is 52.0 Å². The van der Waals surface area contributed by atoms with Crippen LogP contribution in [0, 0.1) is 11.8 Å². The van der Waals surface area contributed by atoms with Gasteiger partial charge in [-0.2, -0.15) is 0 Å². The van der Waals surface area contributed by atoms with Gasteiger partial charge in [0.25, 0.3) is 0 Å². The molecule has 1 saturated carbocycles. The van der Waals surface area contributed by atoms with E-state index in [2.05, 4.69) is 27.2 Å². The van der Waals surface area contributed by atoms with Crippen LogP contribution in [0.5, 0.6) is 0 Å². The van der Waals surface area contributed by atoms with Crippen LogP contribution in [0.2, 0.25) is 0 Å². The molecule has 0 atom stereocenters. The minimum Gasteiger partial charge on any atom is -0.481 e. The first kappa shape index (κ1) is 17.0. The number of pyridine rings is 1. The van der Waals surface area contributed by atoms with Gasteiger partial charge in [0, 0.05) is 17.5 Å². The van der Waals surface area contributed by atoms with E-state index >= 15 is 0 Å². The minimum atomic E-state index is -0.710. The van der Waals surface area contributed by atoms with Gasteiger partial charge in [-0.3, -0.25) is 9.59 Å². The van der Waals surface area contributed by atoms with Crippen molar-refractivity contribution >= 4 is 28.7 Å². The van der Waals surface area contributed by atoms with Gasteiger partial charge in [-0.1, -0.05) is 0 Å². The largest absolute Gasteiger partial charge is 0.481 e. The molecule has 2 aromatic heterocycles. The van der Waals surface area contributed by atoms with Crippen molar-refractivity contribution in [2.75, 3.05) is 25.5 Å². The normalized spacial score (nSPS) is 24.3. The molecule has 3 heterocycles. The molecule has 1 saturated heterocycles. The standard InChI is InChI=1S/C19H24N4O3/c1-23-6-4-11(5-7-23)18(24)22-16-3-2-14-15(10-20-17(14)21-16)12-8-13(9-12)19(25)26/h2-3,10-13H,4-9H2,1H3,(H,25,26)(H2,20,21,22,24). The molecule has 0 spiro atoms. The number of hydrogen-bond donors (Lipinski definition) is 3. The lowest BCUT2D eigenvalue weighted by Gasteiger charge is -2.32. The van der Waals surface area contributed by atoms with Crippen LogP contribution in [0.3, 0.4) is 0 Å². The number of rotatable bonds is 4. The van der Waals surface area contributed by atoms with Gasteiger partial charge in [-0.05, 0) is 69.4 Å². The molecule has 2 fully saturated rings. The summed E-state index contributed by atoms with van der Waals surface area (Å²) in [5, 5.41) is 13.0. The van der Waals surface area contributed by atoms with Crippen molar-refractivity contribution in [3.05, 3.63) is 23.9 Å². The van der Waals surface area contributed by atoms with Crippen molar-refractivity contribution in [3.63, 3.8) is 0 Å². The molecule has 1 aliphatic heterocycles. The van der Waals surface area contributed by atoms with Crippen molar-refractivity contribution in [3.8, 4) is 0 Å². The Bertz CT molecular complexity index is 832. The highest BCUT2D eigenvalue weighted by atomic mass is 16.4. The van der Waals surface area contributed by atoms with E-state index in [9.17, 15) is 9.59 Å². The number of nitrogens with one attached hydrogen (secondary N) is 2. The molecule has 138 valence electrons. The van der Waals surface area contributed by atoms with E-state index in [-0.39, 0.29) is 23.7 Å². The molecule has 0 bridgehead atoms. The SMILES string of the molecule is CN1CCC(C(=O)Nc2ccc3c(C4CC(C(=O)O)C4)c[nH]c3n2)CC1. The maximum Gasteiger partial charge on any atom is 0.306 e. The molecular formula is C19H24N4O3. The smallest absolute Gasteiger partial charge is 0.306 e. The molecule has 7 nitrogen and oxygen atoms in total. The van der Waals surface area contributed by atoms with E-state index < -0.39 is 5.97 Å². The van der Waals surface area contributed by atoms with Crippen LogP contribution < -0.4 is 5.32 Å². The Labute approximate surface area is 151 Å². The molecule has 26 heavy (non-hydrogen) atoms. The first-order chi connectivity index (χ1) is 12.5. The van der Waals surface area contributed by atoms with Crippen LogP contribution in [0.4, 0.5) is 5.82 Å². The first-order valence-electron chi connectivity index (χ1n) is 9.21. The molecule has 2 aliphatic rings. The van der Waals surface area contributed by atoms with Crippen molar-refractivity contribution in [1.29, 1.82) is 0 Å². The highest BCUT2D eigenvalue weighted by molar-refractivity contribution is 5.93. The van der Waals surface area contributed by atoms with E-state index in [0.29, 0.717) is 18.7 Å². The quantitative estimate of drug-likeness (QED) is 0.781. The first-order valence-corrected chi connectivity index (χ1v) is 9.21. The second-order valence-electron chi connectivity index (χ2n) is 7.61. The van der Waals surface area contributed by atoms with E-state index in [0.717, 1.165) is 42.5 Å². The number of likely N-dealkylation sites (tertiary alicyclic amines) is 1. The van der Waals surface area contributed by atoms with Gasteiger partial charge in [0.15, 0.2) is 0 Å². The average Bonchev–Trinajstić information content (AvgIpc) is 2.97. The molecular weight excluding hydrogens is 332 g/mol. The molecule has 4 rings (SSSR count). The summed E-state index contributed by atoms with van der Waals surface area (Å²) in [6.45, 7) is 1.90. The number of aromatic amines is 1. The number of carboxylic acids is 1. The number of hydrogen-bond acceptors (Lipinski definition) is 4. The Morgan fingerprint density at radius 2 is 1.96 bits per heavy atom. The number of carbonyl (C=O) groups excluding carboxylic acids is 1. The fourth-order valence-electron chi connectivity index (χ4n) is 4.01. The van der Waals surface area contributed by atoms with E-state index in [1.165, 1.54) is 0 Å². The van der Waals surface area contributed by atoms with Gasteiger partial charge in [0.05, 0.1) is 5.92 Å². The fourth-order valence-corrected chi connectivity index (χ4v) is 4.01. The topological polar surface area (TPSA) is 98.3 Å². The molecule has 0 aromatic carbocycles. The highest BCUT2D eigenvalue weighted by Gasteiger charge is 2.36. The summed E-state index contributed by atoms with van der Waals surface area (Å²) in [7, 11) is 2.08. The summed E-state index contributed by atoms with van der Waals surface area (Å²) in [4.78, 5) is 33.4. The van der Waals surface area contributed by atoms with Gasteiger partial charge < -0.3 is 20.3 Å². The molecule has 2 aromatic rings. The second kappa shape index (κ2) is 6.72. The summed E-state index contributed by atoms with van der Waals surface area (Å²) < 4.78 is 0. The summed E-state index contributed by atoms with van der Waals surface area (Å²) in [6.07, 6.45) is 5.03. The van der Waals surface area contributed by atoms with Gasteiger partial charge in [0.2, 0.25) is 5.91 Å².